The number of nitrogens with zero attached hydrogens (tertiary/aromatic N) is 1. The molecule has 2 atom stereocenters. The van der Waals surface area contributed by atoms with E-state index in [1.54, 1.807) is 19.1 Å². The maximum atomic E-state index is 11.0. The zero-order valence-corrected chi connectivity index (χ0v) is 8.78. The second kappa shape index (κ2) is 3.40. The van der Waals surface area contributed by atoms with Crippen molar-refractivity contribution in [1.29, 1.82) is 0 Å². The Bertz CT molecular complexity index is 341. The van der Waals surface area contributed by atoms with E-state index in [1.165, 1.54) is 0 Å². The van der Waals surface area contributed by atoms with E-state index < -0.39 is 5.54 Å². The van der Waals surface area contributed by atoms with Gasteiger partial charge in [-0.1, -0.05) is 17.7 Å². The van der Waals surface area contributed by atoms with E-state index >= 15 is 0 Å². The molecule has 3 heteroatoms. The second-order valence-corrected chi connectivity index (χ2v) is 3.97. The minimum atomic E-state index is -1.04. The summed E-state index contributed by atoms with van der Waals surface area (Å²) in [6.45, 7) is 9.09. The van der Waals surface area contributed by atoms with E-state index in [4.69, 9.17) is 0 Å². The highest BCUT2D eigenvalue weighted by atomic mass is 16.6. The molecule has 0 heterocycles. The lowest BCUT2D eigenvalue weighted by atomic mass is 9.76. The lowest BCUT2D eigenvalue weighted by molar-refractivity contribution is -0.556. The summed E-state index contributed by atoms with van der Waals surface area (Å²) in [5.41, 5.74) is 0.906. The van der Waals surface area contributed by atoms with Crippen LogP contribution in [0.1, 0.15) is 20.8 Å². The van der Waals surface area contributed by atoms with Gasteiger partial charge in [-0.05, 0) is 25.5 Å². The molecule has 76 valence electrons. The summed E-state index contributed by atoms with van der Waals surface area (Å²) in [7, 11) is 0. The van der Waals surface area contributed by atoms with Gasteiger partial charge in [0.2, 0.25) is 5.54 Å². The zero-order valence-electron chi connectivity index (χ0n) is 8.78. The van der Waals surface area contributed by atoms with Gasteiger partial charge < -0.3 is 0 Å². The molecule has 0 aromatic carbocycles. The summed E-state index contributed by atoms with van der Waals surface area (Å²) in [5.74, 6) is -0.207. The summed E-state index contributed by atoms with van der Waals surface area (Å²) < 4.78 is 0. The molecule has 0 fully saturated rings. The Morgan fingerprint density at radius 1 is 1.64 bits per heavy atom. The lowest BCUT2D eigenvalue weighted by Gasteiger charge is -2.29. The van der Waals surface area contributed by atoms with Gasteiger partial charge in [-0.15, -0.1) is 6.58 Å². The van der Waals surface area contributed by atoms with Crippen LogP contribution >= 0.6 is 0 Å². The fourth-order valence-corrected chi connectivity index (χ4v) is 2.09. The van der Waals surface area contributed by atoms with Crippen molar-refractivity contribution in [2.45, 2.75) is 26.3 Å². The molecule has 0 radical (unpaired) electrons. The summed E-state index contributed by atoms with van der Waals surface area (Å²) >= 11 is 0. The van der Waals surface area contributed by atoms with E-state index in [0.29, 0.717) is 0 Å². The number of rotatable bonds is 2. The predicted octanol–water partition coefficient (Wildman–Crippen LogP) is 2.73. The third-order valence-corrected chi connectivity index (χ3v) is 2.72. The van der Waals surface area contributed by atoms with Gasteiger partial charge in [-0.2, -0.15) is 0 Å². The molecule has 0 aromatic rings. The molecule has 0 amide bonds. The van der Waals surface area contributed by atoms with Gasteiger partial charge in [0.15, 0.2) is 0 Å². The fraction of sp³-hybridized carbons (Fsp3) is 0.455. The molecule has 0 saturated carbocycles. The first-order valence-corrected chi connectivity index (χ1v) is 4.56. The Morgan fingerprint density at radius 2 is 2.21 bits per heavy atom. The van der Waals surface area contributed by atoms with Crippen LogP contribution in [-0.2, 0) is 0 Å². The standard InChI is InChI=1S/C11H15NO2/c1-5-10-9(3)6-8(2)7-11(10,4)12(13)14/h5-7,10H,1H2,2-4H3. The van der Waals surface area contributed by atoms with Crippen molar-refractivity contribution in [2.75, 3.05) is 0 Å². The van der Waals surface area contributed by atoms with Crippen molar-refractivity contribution >= 4 is 0 Å². The molecule has 3 nitrogen and oxygen atoms in total. The summed E-state index contributed by atoms with van der Waals surface area (Å²) in [6.07, 6.45) is 5.32. The highest BCUT2D eigenvalue weighted by Crippen LogP contribution is 2.35. The third kappa shape index (κ3) is 1.50. The Balaban J connectivity index is 3.24. The van der Waals surface area contributed by atoms with Gasteiger partial charge in [0.05, 0.1) is 5.92 Å². The number of allylic oxidation sites excluding steroid dienone is 2. The minimum absolute atomic E-state index is 0.207. The molecule has 14 heavy (non-hydrogen) atoms. The highest BCUT2D eigenvalue weighted by Gasteiger charge is 2.44. The minimum Gasteiger partial charge on any atom is -0.264 e. The van der Waals surface area contributed by atoms with Crippen LogP contribution in [0.2, 0.25) is 0 Å². The van der Waals surface area contributed by atoms with Crippen LogP contribution in [0, 0.1) is 16.0 Å². The predicted molar refractivity (Wildman–Crippen MR) is 56.6 cm³/mol. The van der Waals surface area contributed by atoms with Crippen LogP contribution in [-0.4, -0.2) is 10.5 Å². The normalized spacial score (nSPS) is 31.8. The monoisotopic (exact) mass is 193 g/mol. The molecule has 0 spiro atoms. The molecule has 1 aliphatic carbocycles. The zero-order chi connectivity index (χ0) is 10.9. The SMILES string of the molecule is C=CC1C(C)=CC(C)=CC1(C)[N+](=O)[O-]. The number of hydrogen-bond donors (Lipinski definition) is 0. The Morgan fingerprint density at radius 3 is 2.64 bits per heavy atom. The van der Waals surface area contributed by atoms with Crippen molar-refractivity contribution in [3.05, 3.63) is 46.1 Å². The van der Waals surface area contributed by atoms with Gasteiger partial charge in [-0.3, -0.25) is 10.1 Å². The Hall–Kier alpha value is -1.38. The van der Waals surface area contributed by atoms with E-state index in [2.05, 4.69) is 6.58 Å². The third-order valence-electron chi connectivity index (χ3n) is 2.72. The summed E-state index contributed by atoms with van der Waals surface area (Å²) in [6, 6.07) is 0. The van der Waals surface area contributed by atoms with Crippen LogP contribution in [0.25, 0.3) is 0 Å². The van der Waals surface area contributed by atoms with E-state index in [0.717, 1.165) is 11.1 Å². The molecule has 1 aliphatic rings. The van der Waals surface area contributed by atoms with Crippen molar-refractivity contribution in [1.82, 2.24) is 0 Å². The quantitative estimate of drug-likeness (QED) is 0.384. The maximum absolute atomic E-state index is 11.0. The van der Waals surface area contributed by atoms with Crippen molar-refractivity contribution in [3.63, 3.8) is 0 Å². The molecule has 2 unspecified atom stereocenters. The highest BCUT2D eigenvalue weighted by molar-refractivity contribution is 5.35. The van der Waals surface area contributed by atoms with Crippen LogP contribution in [0.5, 0.6) is 0 Å². The largest absolute Gasteiger partial charge is 0.264 e. The van der Waals surface area contributed by atoms with Gasteiger partial charge in [0.1, 0.15) is 0 Å². The summed E-state index contributed by atoms with van der Waals surface area (Å²) in [4.78, 5) is 10.8. The van der Waals surface area contributed by atoms with Crippen molar-refractivity contribution in [3.8, 4) is 0 Å². The van der Waals surface area contributed by atoms with Crippen LogP contribution in [0.15, 0.2) is 36.0 Å². The molecular formula is C11H15NO2. The topological polar surface area (TPSA) is 43.1 Å². The van der Waals surface area contributed by atoms with Crippen LogP contribution < -0.4 is 0 Å². The van der Waals surface area contributed by atoms with Crippen molar-refractivity contribution < 1.29 is 4.92 Å². The Labute approximate surface area is 84.0 Å². The van der Waals surface area contributed by atoms with E-state index in [9.17, 15) is 10.1 Å². The smallest absolute Gasteiger partial charge is 0.247 e. The second-order valence-electron chi connectivity index (χ2n) is 3.97. The van der Waals surface area contributed by atoms with E-state index in [1.807, 2.05) is 19.9 Å². The molecule has 1 rings (SSSR count). The average molecular weight is 193 g/mol. The molecule has 0 bridgehead atoms. The van der Waals surface area contributed by atoms with Crippen molar-refractivity contribution in [2.24, 2.45) is 5.92 Å². The first-order chi connectivity index (χ1) is 6.41. The molecule has 0 N–H and O–H groups in total. The maximum Gasteiger partial charge on any atom is 0.247 e. The average Bonchev–Trinajstić information content (AvgIpc) is 2.02. The van der Waals surface area contributed by atoms with Gasteiger partial charge in [0.25, 0.3) is 0 Å². The fourth-order valence-electron chi connectivity index (χ4n) is 2.09. The number of nitro groups is 1. The summed E-state index contributed by atoms with van der Waals surface area (Å²) in [5, 5.41) is 11.0. The lowest BCUT2D eigenvalue weighted by Crippen LogP contribution is -2.42. The Kier molecular flexibility index (Phi) is 2.60. The first-order valence-electron chi connectivity index (χ1n) is 4.56. The molecule has 0 aliphatic heterocycles. The molecular weight excluding hydrogens is 178 g/mol. The van der Waals surface area contributed by atoms with Crippen LogP contribution in [0.4, 0.5) is 0 Å². The number of hydrogen-bond acceptors (Lipinski definition) is 2. The van der Waals surface area contributed by atoms with E-state index in [-0.39, 0.29) is 10.8 Å². The molecule has 0 saturated heterocycles. The van der Waals surface area contributed by atoms with Crippen LogP contribution in [0.3, 0.4) is 0 Å². The first kappa shape index (κ1) is 10.7. The van der Waals surface area contributed by atoms with Gasteiger partial charge in [0, 0.05) is 11.8 Å². The van der Waals surface area contributed by atoms with Gasteiger partial charge >= 0.3 is 0 Å². The molecule has 0 aromatic heterocycles. The van der Waals surface area contributed by atoms with Gasteiger partial charge in [-0.25, -0.2) is 0 Å².